The number of para-hydroxylation sites is 1. The summed E-state index contributed by atoms with van der Waals surface area (Å²) in [6.07, 6.45) is 0. The quantitative estimate of drug-likeness (QED) is 0.335. The van der Waals surface area contributed by atoms with E-state index in [1.54, 1.807) is 19.1 Å². The maximum atomic E-state index is 11.3. The number of ketones is 1. The molecule has 0 aliphatic carbocycles. The fourth-order valence-electron chi connectivity index (χ4n) is 1.20. The van der Waals surface area contributed by atoms with E-state index in [-0.39, 0.29) is 17.1 Å². The molecule has 0 atom stereocenters. The Balaban J connectivity index is 3.35. The zero-order valence-corrected chi connectivity index (χ0v) is 8.25. The van der Waals surface area contributed by atoms with E-state index in [0.29, 0.717) is 5.56 Å². The van der Waals surface area contributed by atoms with Gasteiger partial charge in [0.05, 0.1) is 16.4 Å². The number of hydrogen-bond donors (Lipinski definition) is 0. The second-order valence-electron chi connectivity index (χ2n) is 2.78. The highest BCUT2D eigenvalue weighted by Crippen LogP contribution is 2.23. The first kappa shape index (κ1) is 10.7. The molecule has 0 saturated carbocycles. The zero-order valence-electron chi connectivity index (χ0n) is 7.49. The van der Waals surface area contributed by atoms with Gasteiger partial charge in [-0.25, -0.2) is 0 Å². The van der Waals surface area contributed by atoms with Gasteiger partial charge in [0.1, 0.15) is 0 Å². The average molecular weight is 214 g/mol. The van der Waals surface area contributed by atoms with Gasteiger partial charge in [0.2, 0.25) is 0 Å². The third-order valence-electron chi connectivity index (χ3n) is 1.84. The van der Waals surface area contributed by atoms with Crippen molar-refractivity contribution in [2.75, 3.05) is 5.88 Å². The van der Waals surface area contributed by atoms with Crippen molar-refractivity contribution in [3.63, 3.8) is 0 Å². The molecule has 0 fully saturated rings. The summed E-state index contributed by atoms with van der Waals surface area (Å²) in [5.41, 5.74) is 0.383. The second-order valence-corrected chi connectivity index (χ2v) is 3.05. The standard InChI is InChI=1S/C9H8ClNO3/c1-6-3-2-4-7(8(12)5-10)9(6)11(13)14/h2-4H,5H2,1H3. The lowest BCUT2D eigenvalue weighted by Crippen LogP contribution is -2.06. The van der Waals surface area contributed by atoms with Gasteiger partial charge in [0, 0.05) is 5.56 Å². The Morgan fingerprint density at radius 2 is 2.21 bits per heavy atom. The first-order valence-corrected chi connectivity index (χ1v) is 4.44. The van der Waals surface area contributed by atoms with Gasteiger partial charge in [0.15, 0.2) is 5.78 Å². The van der Waals surface area contributed by atoms with E-state index in [0.717, 1.165) is 0 Å². The van der Waals surface area contributed by atoms with Gasteiger partial charge in [-0.1, -0.05) is 12.1 Å². The van der Waals surface area contributed by atoms with Gasteiger partial charge >= 0.3 is 0 Å². The minimum atomic E-state index is -0.560. The third kappa shape index (κ3) is 1.90. The molecule has 5 heteroatoms. The third-order valence-corrected chi connectivity index (χ3v) is 2.08. The fraction of sp³-hybridized carbons (Fsp3) is 0.222. The minimum Gasteiger partial charge on any atom is -0.293 e. The molecule has 1 aromatic rings. The van der Waals surface area contributed by atoms with E-state index in [1.807, 2.05) is 0 Å². The van der Waals surface area contributed by atoms with Crippen molar-refractivity contribution in [1.82, 2.24) is 0 Å². The highest BCUT2D eigenvalue weighted by molar-refractivity contribution is 6.31. The van der Waals surface area contributed by atoms with Crippen LogP contribution in [0.2, 0.25) is 0 Å². The predicted octanol–water partition coefficient (Wildman–Crippen LogP) is 2.32. The molecule has 1 aromatic carbocycles. The number of aryl methyl sites for hydroxylation is 1. The Hall–Kier alpha value is -1.42. The van der Waals surface area contributed by atoms with Gasteiger partial charge in [-0.3, -0.25) is 14.9 Å². The monoisotopic (exact) mass is 213 g/mol. The van der Waals surface area contributed by atoms with Crippen molar-refractivity contribution in [3.05, 3.63) is 39.4 Å². The number of rotatable bonds is 3. The van der Waals surface area contributed by atoms with Crippen LogP contribution in [0.15, 0.2) is 18.2 Å². The van der Waals surface area contributed by atoms with Gasteiger partial charge in [-0.2, -0.15) is 0 Å². The number of hydrogen-bond acceptors (Lipinski definition) is 3. The number of nitro groups is 1. The molecular formula is C9H8ClNO3. The number of carbonyl (C=O) groups excluding carboxylic acids is 1. The Morgan fingerprint density at radius 1 is 1.57 bits per heavy atom. The van der Waals surface area contributed by atoms with Crippen LogP contribution in [0.4, 0.5) is 5.69 Å². The van der Waals surface area contributed by atoms with Crippen LogP contribution in [0.25, 0.3) is 0 Å². The SMILES string of the molecule is Cc1cccc(C(=O)CCl)c1[N+](=O)[O-]. The fourth-order valence-corrected chi connectivity index (χ4v) is 1.34. The van der Waals surface area contributed by atoms with Gasteiger partial charge in [-0.15, -0.1) is 11.6 Å². The summed E-state index contributed by atoms with van der Waals surface area (Å²) in [4.78, 5) is 21.4. The Labute approximate surface area is 85.6 Å². The molecule has 0 aromatic heterocycles. The predicted molar refractivity (Wildman–Crippen MR) is 52.9 cm³/mol. The molecule has 0 aliphatic heterocycles. The molecule has 0 amide bonds. The lowest BCUT2D eigenvalue weighted by atomic mass is 10.1. The molecule has 1 rings (SSSR count). The second kappa shape index (κ2) is 4.19. The van der Waals surface area contributed by atoms with Crippen molar-refractivity contribution in [2.45, 2.75) is 6.92 Å². The summed E-state index contributed by atoms with van der Waals surface area (Å²) >= 11 is 5.34. The molecule has 0 radical (unpaired) electrons. The van der Waals surface area contributed by atoms with Crippen LogP contribution >= 0.6 is 11.6 Å². The van der Waals surface area contributed by atoms with E-state index in [1.165, 1.54) is 6.07 Å². The molecule has 0 spiro atoms. The molecular weight excluding hydrogens is 206 g/mol. The molecule has 0 N–H and O–H groups in total. The Morgan fingerprint density at radius 3 is 2.71 bits per heavy atom. The summed E-state index contributed by atoms with van der Waals surface area (Å²) in [6, 6.07) is 4.60. The highest BCUT2D eigenvalue weighted by Gasteiger charge is 2.21. The number of nitro benzene ring substituents is 1. The van der Waals surface area contributed by atoms with Crippen molar-refractivity contribution < 1.29 is 9.72 Å². The first-order valence-electron chi connectivity index (χ1n) is 3.91. The van der Waals surface area contributed by atoms with Crippen LogP contribution < -0.4 is 0 Å². The summed E-state index contributed by atoms with van der Waals surface area (Å²) in [5.74, 6) is -0.674. The van der Waals surface area contributed by atoms with Crippen LogP contribution in [0.1, 0.15) is 15.9 Å². The molecule has 0 unspecified atom stereocenters. The van der Waals surface area contributed by atoms with Crippen LogP contribution in [0.5, 0.6) is 0 Å². The minimum absolute atomic E-state index is 0.0741. The first-order chi connectivity index (χ1) is 6.57. The van der Waals surface area contributed by atoms with Crippen LogP contribution in [0, 0.1) is 17.0 Å². The molecule has 4 nitrogen and oxygen atoms in total. The number of halogens is 1. The number of alkyl halides is 1. The number of benzene rings is 1. The smallest absolute Gasteiger partial charge is 0.283 e. The van der Waals surface area contributed by atoms with Crippen molar-refractivity contribution >= 4 is 23.1 Å². The maximum Gasteiger partial charge on any atom is 0.283 e. The van der Waals surface area contributed by atoms with Crippen molar-refractivity contribution in [3.8, 4) is 0 Å². The molecule has 14 heavy (non-hydrogen) atoms. The van der Waals surface area contributed by atoms with Crippen molar-refractivity contribution in [1.29, 1.82) is 0 Å². The lowest BCUT2D eigenvalue weighted by molar-refractivity contribution is -0.385. The number of nitrogens with zero attached hydrogens (tertiary/aromatic N) is 1. The van der Waals surface area contributed by atoms with E-state index in [4.69, 9.17) is 11.6 Å². The summed E-state index contributed by atoms with van der Waals surface area (Å²) in [6.45, 7) is 1.59. The lowest BCUT2D eigenvalue weighted by Gasteiger charge is -2.01. The molecule has 74 valence electrons. The molecule has 0 saturated heterocycles. The highest BCUT2D eigenvalue weighted by atomic mass is 35.5. The number of carbonyl (C=O) groups is 1. The zero-order chi connectivity index (χ0) is 10.7. The summed E-state index contributed by atoms with van der Waals surface area (Å²) in [5, 5.41) is 10.7. The number of Topliss-reactive ketones (excluding diaryl/α,β-unsaturated/α-hetero) is 1. The van der Waals surface area contributed by atoms with Crippen molar-refractivity contribution in [2.24, 2.45) is 0 Å². The van der Waals surface area contributed by atoms with Gasteiger partial charge < -0.3 is 0 Å². The van der Waals surface area contributed by atoms with E-state index >= 15 is 0 Å². The molecule has 0 bridgehead atoms. The average Bonchev–Trinajstić information content (AvgIpc) is 2.15. The topological polar surface area (TPSA) is 60.2 Å². The van der Waals surface area contributed by atoms with E-state index < -0.39 is 10.7 Å². The van der Waals surface area contributed by atoms with Gasteiger partial charge in [-0.05, 0) is 13.0 Å². The maximum absolute atomic E-state index is 11.3. The summed E-state index contributed by atoms with van der Waals surface area (Å²) in [7, 11) is 0. The van der Waals surface area contributed by atoms with Crippen LogP contribution in [-0.2, 0) is 0 Å². The normalized spacial score (nSPS) is 9.86. The largest absolute Gasteiger partial charge is 0.293 e. The summed E-state index contributed by atoms with van der Waals surface area (Å²) < 4.78 is 0. The van der Waals surface area contributed by atoms with Crippen LogP contribution in [0.3, 0.4) is 0 Å². The van der Waals surface area contributed by atoms with E-state index in [9.17, 15) is 14.9 Å². The van der Waals surface area contributed by atoms with E-state index in [2.05, 4.69) is 0 Å². The molecule has 0 heterocycles. The van der Waals surface area contributed by atoms with Crippen LogP contribution in [-0.4, -0.2) is 16.6 Å². The Kier molecular flexibility index (Phi) is 3.19. The molecule has 0 aliphatic rings. The Bertz CT molecular complexity index is 390. The van der Waals surface area contributed by atoms with Gasteiger partial charge in [0.25, 0.3) is 5.69 Å².